The lowest BCUT2D eigenvalue weighted by Crippen LogP contribution is -2.46. The zero-order valence-corrected chi connectivity index (χ0v) is 13.8. The molecule has 2 atom stereocenters. The highest BCUT2D eigenvalue weighted by Gasteiger charge is 2.53. The number of amides is 1. The molecule has 0 spiro atoms. The van der Waals surface area contributed by atoms with E-state index in [2.05, 4.69) is 4.98 Å². The molecule has 0 radical (unpaired) electrons. The van der Waals surface area contributed by atoms with Crippen molar-refractivity contribution in [2.24, 2.45) is 0 Å². The fraction of sp³-hybridized carbons (Fsp3) is 0.143. The molecule has 4 nitrogen and oxygen atoms in total. The molecule has 0 bridgehead atoms. The molecule has 1 aliphatic heterocycles. The molecule has 2 unspecified atom stereocenters. The van der Waals surface area contributed by atoms with Crippen LogP contribution in [0.25, 0.3) is 0 Å². The third-order valence-electron chi connectivity index (χ3n) is 4.78. The third kappa shape index (κ3) is 2.26. The largest absolute Gasteiger partial charge is 0.362 e. The molecule has 2 aromatic carbocycles. The van der Waals surface area contributed by atoms with Gasteiger partial charge in [0, 0.05) is 11.8 Å². The van der Waals surface area contributed by atoms with Crippen LogP contribution in [-0.4, -0.2) is 20.9 Å². The van der Waals surface area contributed by atoms with Gasteiger partial charge in [0.2, 0.25) is 5.72 Å². The maximum atomic E-state index is 13.1. The van der Waals surface area contributed by atoms with Crippen LogP contribution in [0.15, 0.2) is 79.0 Å². The average Bonchev–Trinajstić information content (AvgIpc) is 2.91. The molecule has 3 aromatic rings. The van der Waals surface area contributed by atoms with Crippen molar-refractivity contribution in [3.8, 4) is 0 Å². The zero-order chi connectivity index (χ0) is 17.4. The second-order valence-electron chi connectivity index (χ2n) is 6.20. The quantitative estimate of drug-likeness (QED) is 0.748. The molecule has 124 valence electrons. The van der Waals surface area contributed by atoms with Gasteiger partial charge in [0.05, 0.1) is 11.6 Å². The summed E-state index contributed by atoms with van der Waals surface area (Å²) in [6.45, 7) is 1.92. The maximum absolute atomic E-state index is 13.1. The van der Waals surface area contributed by atoms with Crippen molar-refractivity contribution in [2.75, 3.05) is 0 Å². The lowest BCUT2D eigenvalue weighted by Gasteiger charge is -2.38. The second-order valence-corrected chi connectivity index (χ2v) is 6.20. The van der Waals surface area contributed by atoms with Crippen LogP contribution in [0.3, 0.4) is 0 Å². The minimum absolute atomic E-state index is 0.217. The number of hydrogen-bond donors (Lipinski definition) is 1. The van der Waals surface area contributed by atoms with Crippen molar-refractivity contribution in [3.05, 3.63) is 101 Å². The highest BCUT2D eigenvalue weighted by Crippen LogP contribution is 2.45. The first-order valence-electron chi connectivity index (χ1n) is 8.26. The average molecular weight is 331 g/mol. The van der Waals surface area contributed by atoms with Gasteiger partial charge < -0.3 is 5.11 Å². The number of benzene rings is 2. The molecular formula is C21H18N2O2. The molecule has 0 saturated heterocycles. The van der Waals surface area contributed by atoms with Crippen LogP contribution >= 0.6 is 0 Å². The molecule has 1 aliphatic rings. The zero-order valence-electron chi connectivity index (χ0n) is 13.8. The van der Waals surface area contributed by atoms with Gasteiger partial charge >= 0.3 is 0 Å². The fourth-order valence-electron chi connectivity index (χ4n) is 3.53. The summed E-state index contributed by atoms with van der Waals surface area (Å²) in [6, 6.07) is 22.1. The molecule has 4 heteroatoms. The van der Waals surface area contributed by atoms with E-state index in [1.54, 1.807) is 18.3 Å². The van der Waals surface area contributed by atoms with Crippen molar-refractivity contribution in [2.45, 2.75) is 18.7 Å². The van der Waals surface area contributed by atoms with Gasteiger partial charge in [-0.05, 0) is 24.6 Å². The third-order valence-corrected chi connectivity index (χ3v) is 4.78. The van der Waals surface area contributed by atoms with Gasteiger partial charge in [0.1, 0.15) is 5.69 Å². The molecule has 0 aliphatic carbocycles. The molecule has 1 amide bonds. The van der Waals surface area contributed by atoms with Gasteiger partial charge in [-0.25, -0.2) is 0 Å². The molecular weight excluding hydrogens is 313 g/mol. The minimum atomic E-state index is -1.59. The van der Waals surface area contributed by atoms with Gasteiger partial charge in [0.15, 0.2) is 0 Å². The predicted molar refractivity (Wildman–Crippen MR) is 94.7 cm³/mol. The number of fused-ring (bicyclic) bond motifs is 1. The summed E-state index contributed by atoms with van der Waals surface area (Å²) in [4.78, 5) is 19.0. The summed E-state index contributed by atoms with van der Waals surface area (Å²) in [5, 5.41) is 11.7. The highest BCUT2D eigenvalue weighted by atomic mass is 16.3. The van der Waals surface area contributed by atoms with Gasteiger partial charge in [0.25, 0.3) is 5.91 Å². The molecule has 4 rings (SSSR count). The number of nitrogens with zero attached hydrogens (tertiary/aromatic N) is 2. The topological polar surface area (TPSA) is 53.4 Å². The van der Waals surface area contributed by atoms with E-state index in [-0.39, 0.29) is 11.9 Å². The Kier molecular flexibility index (Phi) is 3.62. The van der Waals surface area contributed by atoms with Crippen molar-refractivity contribution < 1.29 is 9.90 Å². The van der Waals surface area contributed by atoms with E-state index in [0.29, 0.717) is 16.8 Å². The summed E-state index contributed by atoms with van der Waals surface area (Å²) in [6.07, 6.45) is 1.61. The minimum Gasteiger partial charge on any atom is -0.362 e. The Morgan fingerprint density at radius 2 is 1.60 bits per heavy atom. The first-order valence-corrected chi connectivity index (χ1v) is 8.26. The van der Waals surface area contributed by atoms with Crippen LogP contribution in [0, 0.1) is 0 Å². The smallest absolute Gasteiger partial charge is 0.259 e. The van der Waals surface area contributed by atoms with Crippen LogP contribution in [-0.2, 0) is 5.72 Å². The van der Waals surface area contributed by atoms with E-state index in [0.717, 1.165) is 5.56 Å². The number of rotatable bonds is 3. The van der Waals surface area contributed by atoms with Crippen molar-refractivity contribution in [3.63, 3.8) is 0 Å². The lowest BCUT2D eigenvalue weighted by atomic mass is 9.98. The van der Waals surface area contributed by atoms with E-state index in [1.807, 2.05) is 67.6 Å². The highest BCUT2D eigenvalue weighted by molar-refractivity contribution is 6.00. The Labute approximate surface area is 146 Å². The Balaban J connectivity index is 1.92. The molecule has 1 N–H and O–H groups in total. The van der Waals surface area contributed by atoms with Crippen LogP contribution in [0.2, 0.25) is 0 Å². The Morgan fingerprint density at radius 3 is 2.28 bits per heavy atom. The second kappa shape index (κ2) is 5.83. The number of aromatic nitrogens is 1. The molecule has 0 fully saturated rings. The summed E-state index contributed by atoms with van der Waals surface area (Å²) >= 11 is 0. The standard InChI is InChI=1S/C21H18N2O2/c1-15(16-9-4-2-5-10-16)23-20(24)18-13-8-14-22-19(18)21(23,25)17-11-6-3-7-12-17/h2-15,25H,1H3/i15+1. The van der Waals surface area contributed by atoms with Crippen molar-refractivity contribution in [1.82, 2.24) is 9.88 Å². The Morgan fingerprint density at radius 1 is 0.960 bits per heavy atom. The van der Waals surface area contributed by atoms with E-state index >= 15 is 0 Å². The van der Waals surface area contributed by atoms with Crippen LogP contribution in [0.1, 0.15) is 40.1 Å². The molecule has 25 heavy (non-hydrogen) atoms. The number of carbonyl (C=O) groups excluding carboxylic acids is 1. The van der Waals surface area contributed by atoms with Crippen LogP contribution < -0.4 is 0 Å². The van der Waals surface area contributed by atoms with Gasteiger partial charge in [-0.3, -0.25) is 14.7 Å². The van der Waals surface area contributed by atoms with Gasteiger partial charge in [-0.2, -0.15) is 0 Å². The number of hydrogen-bond acceptors (Lipinski definition) is 3. The van der Waals surface area contributed by atoms with Gasteiger partial charge in [-0.1, -0.05) is 60.7 Å². The monoisotopic (exact) mass is 331 g/mol. The number of aliphatic hydroxyl groups is 1. The Hall–Kier alpha value is -2.98. The summed E-state index contributed by atoms with van der Waals surface area (Å²) < 4.78 is 0. The first kappa shape index (κ1) is 15.5. The van der Waals surface area contributed by atoms with Crippen molar-refractivity contribution in [1.29, 1.82) is 0 Å². The van der Waals surface area contributed by atoms with Gasteiger partial charge in [-0.15, -0.1) is 0 Å². The molecule has 2 heterocycles. The van der Waals surface area contributed by atoms with Crippen LogP contribution in [0.5, 0.6) is 0 Å². The summed E-state index contributed by atoms with van der Waals surface area (Å²) in [5.74, 6) is -0.217. The number of carbonyl (C=O) groups is 1. The lowest BCUT2D eigenvalue weighted by molar-refractivity contribution is -0.0702. The Bertz CT molecular complexity index is 911. The summed E-state index contributed by atoms with van der Waals surface area (Å²) in [7, 11) is 0. The molecule has 0 saturated carbocycles. The summed E-state index contributed by atoms with van der Waals surface area (Å²) in [5.41, 5.74) is 0.816. The van der Waals surface area contributed by atoms with E-state index in [4.69, 9.17) is 0 Å². The predicted octanol–water partition coefficient (Wildman–Crippen LogP) is 3.49. The van der Waals surface area contributed by atoms with E-state index < -0.39 is 5.72 Å². The van der Waals surface area contributed by atoms with E-state index in [9.17, 15) is 9.90 Å². The fourth-order valence-corrected chi connectivity index (χ4v) is 3.53. The first-order chi connectivity index (χ1) is 12.1. The van der Waals surface area contributed by atoms with E-state index in [1.165, 1.54) is 4.90 Å². The molecule has 1 aromatic heterocycles. The normalized spacial score (nSPS) is 20.4. The SMILES string of the molecule is C[13CH](c1ccccc1)N1C(=O)c2cccnc2C1(O)c1ccccc1. The number of pyridine rings is 1. The van der Waals surface area contributed by atoms with Crippen molar-refractivity contribution >= 4 is 5.91 Å². The van der Waals surface area contributed by atoms with Crippen LogP contribution in [0.4, 0.5) is 0 Å². The maximum Gasteiger partial charge on any atom is 0.259 e.